The largest absolute Gasteiger partial charge is 0.507 e. The van der Waals surface area contributed by atoms with Gasteiger partial charge in [0.1, 0.15) is 5.76 Å². The number of carbonyl (C=O) groups excluding carboxylic acids is 2. The maximum Gasteiger partial charge on any atom is 0.295 e. The number of hydrogen-bond donors (Lipinski definition) is 1. The fraction of sp³-hybridized carbons (Fsp3) is 0.0870. The first-order chi connectivity index (χ1) is 13.7. The summed E-state index contributed by atoms with van der Waals surface area (Å²) in [6.07, 6.45) is 3.07. The zero-order chi connectivity index (χ0) is 19.5. The van der Waals surface area contributed by atoms with Gasteiger partial charge in [0, 0.05) is 24.5 Å². The lowest BCUT2D eigenvalue weighted by Gasteiger charge is -2.25. The van der Waals surface area contributed by atoms with E-state index in [-0.39, 0.29) is 17.9 Å². The second-order valence-corrected chi connectivity index (χ2v) is 6.56. The fourth-order valence-corrected chi connectivity index (χ4v) is 3.47. The zero-order valence-electron chi connectivity index (χ0n) is 15.0. The van der Waals surface area contributed by atoms with Crippen LogP contribution in [0.5, 0.6) is 0 Å². The van der Waals surface area contributed by atoms with Gasteiger partial charge in [0.25, 0.3) is 11.7 Å². The maximum atomic E-state index is 12.9. The summed E-state index contributed by atoms with van der Waals surface area (Å²) in [6, 6.07) is 21.3. The molecule has 1 aromatic heterocycles. The van der Waals surface area contributed by atoms with E-state index in [4.69, 9.17) is 0 Å². The van der Waals surface area contributed by atoms with Gasteiger partial charge in [-0.1, -0.05) is 60.7 Å². The van der Waals surface area contributed by atoms with Crippen LogP contribution in [0.25, 0.3) is 5.76 Å². The molecule has 2 heterocycles. The Morgan fingerprint density at radius 2 is 1.50 bits per heavy atom. The highest BCUT2D eigenvalue weighted by atomic mass is 16.3. The highest BCUT2D eigenvalue weighted by molar-refractivity contribution is 6.46. The van der Waals surface area contributed by atoms with Crippen molar-refractivity contribution in [3.63, 3.8) is 0 Å². The molecule has 0 radical (unpaired) electrons. The topological polar surface area (TPSA) is 70.5 Å². The number of hydrogen-bond acceptors (Lipinski definition) is 4. The van der Waals surface area contributed by atoms with Crippen LogP contribution in [0.1, 0.15) is 22.7 Å². The molecule has 1 amide bonds. The summed E-state index contributed by atoms with van der Waals surface area (Å²) in [5, 5.41) is 10.9. The Labute approximate surface area is 162 Å². The van der Waals surface area contributed by atoms with Gasteiger partial charge in [-0.3, -0.25) is 14.6 Å². The summed E-state index contributed by atoms with van der Waals surface area (Å²) >= 11 is 0. The summed E-state index contributed by atoms with van der Waals surface area (Å²) in [4.78, 5) is 31.2. The quantitative estimate of drug-likeness (QED) is 0.432. The van der Waals surface area contributed by atoms with Crippen LogP contribution < -0.4 is 0 Å². The van der Waals surface area contributed by atoms with Crippen molar-refractivity contribution in [3.8, 4) is 0 Å². The summed E-state index contributed by atoms with van der Waals surface area (Å²) in [5.74, 6) is -1.49. The van der Waals surface area contributed by atoms with Crippen molar-refractivity contribution in [2.45, 2.75) is 12.6 Å². The van der Waals surface area contributed by atoms with Gasteiger partial charge in [-0.05, 0) is 23.3 Å². The number of carbonyl (C=O) groups is 2. The van der Waals surface area contributed by atoms with Crippen molar-refractivity contribution in [1.82, 2.24) is 9.88 Å². The van der Waals surface area contributed by atoms with Crippen molar-refractivity contribution in [2.75, 3.05) is 0 Å². The lowest BCUT2D eigenvalue weighted by molar-refractivity contribution is -0.140. The average molecular weight is 370 g/mol. The molecule has 0 aliphatic carbocycles. The van der Waals surface area contributed by atoms with Crippen molar-refractivity contribution in [3.05, 3.63) is 107 Å². The van der Waals surface area contributed by atoms with Crippen molar-refractivity contribution in [1.29, 1.82) is 0 Å². The van der Waals surface area contributed by atoms with E-state index in [1.807, 2.05) is 60.7 Å². The zero-order valence-corrected chi connectivity index (χ0v) is 15.0. The molecule has 3 aromatic rings. The summed E-state index contributed by atoms with van der Waals surface area (Å²) < 4.78 is 0. The number of aliphatic hydroxyl groups excluding tert-OH is 1. The molecule has 1 fully saturated rings. The van der Waals surface area contributed by atoms with E-state index < -0.39 is 17.7 Å². The fourth-order valence-electron chi connectivity index (χ4n) is 3.47. The van der Waals surface area contributed by atoms with Gasteiger partial charge in [0.2, 0.25) is 0 Å². The number of nitrogens with zero attached hydrogens (tertiary/aromatic N) is 2. The van der Waals surface area contributed by atoms with Crippen LogP contribution in [-0.4, -0.2) is 26.7 Å². The third-order valence-corrected chi connectivity index (χ3v) is 4.80. The predicted molar refractivity (Wildman–Crippen MR) is 105 cm³/mol. The normalized spacial score (nSPS) is 18.4. The monoisotopic (exact) mass is 370 g/mol. The number of rotatable bonds is 4. The summed E-state index contributed by atoms with van der Waals surface area (Å²) in [7, 11) is 0. The number of pyridine rings is 1. The molecule has 1 unspecified atom stereocenters. The molecule has 1 aliphatic rings. The van der Waals surface area contributed by atoms with Crippen LogP contribution in [-0.2, 0) is 16.1 Å². The first-order valence-corrected chi connectivity index (χ1v) is 8.94. The Bertz CT molecular complexity index is 1030. The lowest BCUT2D eigenvalue weighted by atomic mass is 9.95. The number of ketones is 1. The van der Waals surface area contributed by atoms with E-state index >= 15 is 0 Å². The first-order valence-electron chi connectivity index (χ1n) is 8.94. The molecule has 0 spiro atoms. The van der Waals surface area contributed by atoms with Crippen molar-refractivity contribution < 1.29 is 14.7 Å². The molecule has 1 N–H and O–H groups in total. The van der Waals surface area contributed by atoms with E-state index in [9.17, 15) is 14.7 Å². The molecule has 28 heavy (non-hydrogen) atoms. The molecule has 0 saturated carbocycles. The number of amides is 1. The molecular formula is C23H18N2O3. The van der Waals surface area contributed by atoms with E-state index in [0.29, 0.717) is 5.56 Å². The third-order valence-electron chi connectivity index (χ3n) is 4.80. The standard InChI is InChI=1S/C23H18N2O3/c26-21(18-11-13-24-14-12-18)19-20(17-9-5-2-6-10-17)25(23(28)22(19)27)15-16-7-3-1-4-8-16/h1-14,20,26H,15H2. The molecular weight excluding hydrogens is 352 g/mol. The molecule has 5 heteroatoms. The van der Waals surface area contributed by atoms with Gasteiger partial charge < -0.3 is 10.0 Å². The minimum absolute atomic E-state index is 0.0957. The van der Waals surface area contributed by atoms with E-state index in [1.165, 1.54) is 17.3 Å². The second-order valence-electron chi connectivity index (χ2n) is 6.56. The number of likely N-dealkylation sites (tertiary alicyclic amines) is 1. The van der Waals surface area contributed by atoms with Crippen LogP contribution in [0, 0.1) is 0 Å². The molecule has 2 aromatic carbocycles. The van der Waals surface area contributed by atoms with E-state index in [1.54, 1.807) is 12.1 Å². The van der Waals surface area contributed by atoms with Crippen LogP contribution >= 0.6 is 0 Å². The average Bonchev–Trinajstić information content (AvgIpc) is 3.00. The number of Topliss-reactive ketones (excluding diaryl/α,β-unsaturated/α-hetero) is 1. The number of aromatic nitrogens is 1. The predicted octanol–water partition coefficient (Wildman–Crippen LogP) is 3.70. The Hall–Kier alpha value is -3.73. The molecule has 1 atom stereocenters. The smallest absolute Gasteiger partial charge is 0.295 e. The van der Waals surface area contributed by atoms with Crippen molar-refractivity contribution >= 4 is 17.4 Å². The third kappa shape index (κ3) is 3.18. The molecule has 4 rings (SSSR count). The van der Waals surface area contributed by atoms with Gasteiger partial charge in [-0.25, -0.2) is 0 Å². The van der Waals surface area contributed by atoms with Crippen LogP contribution in [0.15, 0.2) is 90.8 Å². The van der Waals surface area contributed by atoms with Crippen LogP contribution in [0.2, 0.25) is 0 Å². The molecule has 1 saturated heterocycles. The number of aliphatic hydroxyl groups is 1. The minimum atomic E-state index is -0.681. The van der Waals surface area contributed by atoms with Gasteiger partial charge in [0.05, 0.1) is 11.6 Å². The first kappa shape index (κ1) is 17.7. The van der Waals surface area contributed by atoms with E-state index in [0.717, 1.165) is 11.1 Å². The summed E-state index contributed by atoms with van der Waals surface area (Å²) in [5.41, 5.74) is 2.23. The highest BCUT2D eigenvalue weighted by Gasteiger charge is 2.45. The molecule has 138 valence electrons. The molecule has 0 bridgehead atoms. The SMILES string of the molecule is O=C1C(=O)N(Cc2ccccc2)C(c2ccccc2)C1=C(O)c1ccncc1. The minimum Gasteiger partial charge on any atom is -0.507 e. The Kier molecular flexibility index (Phi) is 4.72. The second kappa shape index (κ2) is 7.48. The van der Waals surface area contributed by atoms with Crippen molar-refractivity contribution in [2.24, 2.45) is 0 Å². The molecule has 5 nitrogen and oxygen atoms in total. The Morgan fingerprint density at radius 1 is 0.893 bits per heavy atom. The van der Waals surface area contributed by atoms with Gasteiger partial charge in [0.15, 0.2) is 0 Å². The number of benzene rings is 2. The van der Waals surface area contributed by atoms with Gasteiger partial charge in [-0.15, -0.1) is 0 Å². The maximum absolute atomic E-state index is 12.9. The summed E-state index contributed by atoms with van der Waals surface area (Å²) in [6.45, 7) is 0.276. The van der Waals surface area contributed by atoms with Gasteiger partial charge >= 0.3 is 0 Å². The highest BCUT2D eigenvalue weighted by Crippen LogP contribution is 2.40. The lowest BCUT2D eigenvalue weighted by Crippen LogP contribution is -2.29. The van der Waals surface area contributed by atoms with Gasteiger partial charge in [-0.2, -0.15) is 0 Å². The van der Waals surface area contributed by atoms with Crippen LogP contribution in [0.3, 0.4) is 0 Å². The van der Waals surface area contributed by atoms with Crippen LogP contribution in [0.4, 0.5) is 0 Å². The Morgan fingerprint density at radius 3 is 2.14 bits per heavy atom. The van der Waals surface area contributed by atoms with E-state index in [2.05, 4.69) is 4.98 Å². The molecule has 1 aliphatic heterocycles. The Balaban J connectivity index is 1.85.